The van der Waals surface area contributed by atoms with Crippen LogP contribution in [0.2, 0.25) is 0 Å². The average molecular weight is 388 g/mol. The summed E-state index contributed by atoms with van der Waals surface area (Å²) in [7, 11) is 0. The Kier molecular flexibility index (Phi) is 7.45. The number of hydrogen-bond acceptors (Lipinski definition) is 4. The highest BCUT2D eigenvalue weighted by Crippen LogP contribution is 2.34. The molecule has 1 aliphatic heterocycles. The molecule has 28 heavy (non-hydrogen) atoms. The fourth-order valence-electron chi connectivity index (χ4n) is 4.56. The van der Waals surface area contributed by atoms with Crippen molar-refractivity contribution in [1.29, 1.82) is 0 Å². The van der Waals surface area contributed by atoms with Crippen LogP contribution in [0.5, 0.6) is 0 Å². The fourth-order valence-corrected chi connectivity index (χ4v) is 4.56. The lowest BCUT2D eigenvalue weighted by Crippen LogP contribution is -2.59. The predicted octanol–water partition coefficient (Wildman–Crippen LogP) is 2.41. The summed E-state index contributed by atoms with van der Waals surface area (Å²) in [5.41, 5.74) is 1.00. The number of benzene rings is 1. The van der Waals surface area contributed by atoms with E-state index < -0.39 is 0 Å². The van der Waals surface area contributed by atoms with Gasteiger partial charge < -0.3 is 15.4 Å². The number of nitrogens with one attached hydrogen (secondary N) is 2. The second-order valence-electron chi connectivity index (χ2n) is 8.03. The molecular formula is C22H33N3O3. The zero-order valence-electron chi connectivity index (χ0n) is 16.9. The van der Waals surface area contributed by atoms with Gasteiger partial charge in [-0.3, -0.25) is 14.5 Å². The number of amides is 2. The molecule has 1 heterocycles. The van der Waals surface area contributed by atoms with Crippen LogP contribution in [-0.2, 0) is 14.3 Å². The first-order valence-electron chi connectivity index (χ1n) is 10.5. The molecule has 1 unspecified atom stereocenters. The lowest BCUT2D eigenvalue weighted by atomic mass is 9.79. The number of carbonyl (C=O) groups excluding carboxylic acids is 2. The van der Waals surface area contributed by atoms with E-state index in [1.165, 1.54) is 26.2 Å². The Hall–Kier alpha value is -1.92. The van der Waals surface area contributed by atoms with Crippen molar-refractivity contribution in [2.24, 2.45) is 0 Å². The molecule has 1 atom stereocenters. The highest BCUT2D eigenvalue weighted by molar-refractivity contribution is 5.79. The molecule has 1 aromatic rings. The van der Waals surface area contributed by atoms with Crippen LogP contribution in [-0.4, -0.2) is 55.1 Å². The molecule has 2 N–H and O–H groups in total. The molecule has 154 valence electrons. The SMILES string of the molecule is CC(=O)NC(CC(=O)NCC1(N2CCOCC2)CCCCC1)c1ccccc1. The number of carbonyl (C=O) groups is 2. The van der Waals surface area contributed by atoms with Gasteiger partial charge in [-0.2, -0.15) is 0 Å². The fraction of sp³-hybridized carbons (Fsp3) is 0.636. The van der Waals surface area contributed by atoms with Crippen molar-refractivity contribution < 1.29 is 14.3 Å². The number of rotatable bonds is 7. The summed E-state index contributed by atoms with van der Waals surface area (Å²) < 4.78 is 5.53. The third-order valence-corrected chi connectivity index (χ3v) is 6.05. The first-order chi connectivity index (χ1) is 13.6. The molecule has 1 saturated carbocycles. The van der Waals surface area contributed by atoms with Crippen molar-refractivity contribution in [1.82, 2.24) is 15.5 Å². The van der Waals surface area contributed by atoms with Crippen LogP contribution < -0.4 is 10.6 Å². The zero-order valence-corrected chi connectivity index (χ0v) is 16.9. The molecule has 0 bridgehead atoms. The van der Waals surface area contributed by atoms with Gasteiger partial charge >= 0.3 is 0 Å². The quantitative estimate of drug-likeness (QED) is 0.754. The summed E-state index contributed by atoms with van der Waals surface area (Å²) >= 11 is 0. The minimum atomic E-state index is -0.301. The third-order valence-electron chi connectivity index (χ3n) is 6.05. The molecule has 6 nitrogen and oxygen atoms in total. The van der Waals surface area contributed by atoms with E-state index in [0.29, 0.717) is 6.54 Å². The Morgan fingerprint density at radius 3 is 2.43 bits per heavy atom. The van der Waals surface area contributed by atoms with Gasteiger partial charge in [0.2, 0.25) is 11.8 Å². The lowest BCUT2D eigenvalue weighted by molar-refractivity contribution is -0.123. The standard InChI is InChI=1S/C22H33N3O3/c1-18(26)24-20(19-8-4-2-5-9-19)16-21(27)23-17-22(10-6-3-7-11-22)25-12-14-28-15-13-25/h2,4-5,8-9,20H,3,6-7,10-17H2,1H3,(H,23,27)(H,24,26). The Balaban J connectivity index is 1.62. The summed E-state index contributed by atoms with van der Waals surface area (Å²) in [6.45, 7) is 5.59. The van der Waals surface area contributed by atoms with E-state index in [4.69, 9.17) is 4.74 Å². The highest BCUT2D eigenvalue weighted by Gasteiger charge is 2.38. The van der Waals surface area contributed by atoms with Crippen LogP contribution in [0, 0.1) is 0 Å². The van der Waals surface area contributed by atoms with Gasteiger partial charge in [0.25, 0.3) is 0 Å². The van der Waals surface area contributed by atoms with E-state index in [9.17, 15) is 9.59 Å². The molecule has 2 fully saturated rings. The van der Waals surface area contributed by atoms with E-state index >= 15 is 0 Å². The highest BCUT2D eigenvalue weighted by atomic mass is 16.5. The molecule has 0 radical (unpaired) electrons. The smallest absolute Gasteiger partial charge is 0.222 e. The van der Waals surface area contributed by atoms with Gasteiger partial charge in [-0.25, -0.2) is 0 Å². The molecule has 1 aliphatic carbocycles. The average Bonchev–Trinajstić information content (AvgIpc) is 2.73. The molecule has 2 amide bonds. The third kappa shape index (κ3) is 5.55. The molecule has 1 aromatic carbocycles. The summed E-state index contributed by atoms with van der Waals surface area (Å²) in [6.07, 6.45) is 6.21. The number of nitrogens with zero attached hydrogens (tertiary/aromatic N) is 1. The predicted molar refractivity (Wildman–Crippen MR) is 109 cm³/mol. The zero-order chi connectivity index (χ0) is 19.8. The Bertz CT molecular complexity index is 638. The minimum absolute atomic E-state index is 0.0131. The van der Waals surface area contributed by atoms with Crippen LogP contribution >= 0.6 is 0 Å². The Morgan fingerprint density at radius 1 is 1.11 bits per heavy atom. The molecule has 0 spiro atoms. The first kappa shape index (κ1) is 20.8. The Morgan fingerprint density at radius 2 is 1.79 bits per heavy atom. The van der Waals surface area contributed by atoms with Crippen LogP contribution in [0.25, 0.3) is 0 Å². The number of ether oxygens (including phenoxy) is 1. The second-order valence-corrected chi connectivity index (χ2v) is 8.03. The van der Waals surface area contributed by atoms with Crippen molar-refractivity contribution in [2.45, 2.75) is 57.0 Å². The van der Waals surface area contributed by atoms with Gasteiger partial charge in [0, 0.05) is 32.1 Å². The first-order valence-corrected chi connectivity index (χ1v) is 10.5. The molecule has 1 saturated heterocycles. The van der Waals surface area contributed by atoms with Gasteiger partial charge in [0.05, 0.1) is 25.7 Å². The van der Waals surface area contributed by atoms with Crippen molar-refractivity contribution in [3.05, 3.63) is 35.9 Å². The van der Waals surface area contributed by atoms with Crippen molar-refractivity contribution in [3.63, 3.8) is 0 Å². The summed E-state index contributed by atoms with van der Waals surface area (Å²) in [6, 6.07) is 9.39. The minimum Gasteiger partial charge on any atom is -0.379 e. The van der Waals surface area contributed by atoms with Gasteiger partial charge in [0.15, 0.2) is 0 Å². The summed E-state index contributed by atoms with van der Waals surface area (Å²) in [5, 5.41) is 6.10. The van der Waals surface area contributed by atoms with Crippen molar-refractivity contribution in [3.8, 4) is 0 Å². The van der Waals surface area contributed by atoms with E-state index in [-0.39, 0.29) is 29.8 Å². The number of morpholine rings is 1. The van der Waals surface area contributed by atoms with Crippen LogP contribution in [0.3, 0.4) is 0 Å². The van der Waals surface area contributed by atoms with Gasteiger partial charge in [0.1, 0.15) is 0 Å². The van der Waals surface area contributed by atoms with E-state index in [1.807, 2.05) is 30.3 Å². The second kappa shape index (κ2) is 10.0. The molecule has 0 aromatic heterocycles. The normalized spacial score (nSPS) is 20.9. The molecule has 3 rings (SSSR count). The van der Waals surface area contributed by atoms with Gasteiger partial charge in [-0.1, -0.05) is 49.6 Å². The van der Waals surface area contributed by atoms with E-state index in [0.717, 1.165) is 44.7 Å². The van der Waals surface area contributed by atoms with Crippen molar-refractivity contribution in [2.75, 3.05) is 32.8 Å². The largest absolute Gasteiger partial charge is 0.379 e. The van der Waals surface area contributed by atoms with Crippen LogP contribution in [0.1, 0.15) is 57.1 Å². The summed E-state index contributed by atoms with van der Waals surface area (Å²) in [5.74, 6) is -0.139. The maximum atomic E-state index is 12.8. The van der Waals surface area contributed by atoms with E-state index in [2.05, 4.69) is 15.5 Å². The lowest BCUT2D eigenvalue weighted by Gasteiger charge is -2.48. The Labute approximate surface area is 168 Å². The van der Waals surface area contributed by atoms with Gasteiger partial charge in [-0.15, -0.1) is 0 Å². The van der Waals surface area contributed by atoms with E-state index in [1.54, 1.807) is 0 Å². The molecular weight excluding hydrogens is 354 g/mol. The topological polar surface area (TPSA) is 70.7 Å². The van der Waals surface area contributed by atoms with Crippen molar-refractivity contribution >= 4 is 11.8 Å². The van der Waals surface area contributed by atoms with Gasteiger partial charge in [-0.05, 0) is 18.4 Å². The molecule has 6 heteroatoms. The maximum Gasteiger partial charge on any atom is 0.222 e. The number of hydrogen-bond donors (Lipinski definition) is 2. The van der Waals surface area contributed by atoms with Crippen LogP contribution in [0.4, 0.5) is 0 Å². The summed E-state index contributed by atoms with van der Waals surface area (Å²) in [4.78, 5) is 26.9. The maximum absolute atomic E-state index is 12.8. The molecule has 2 aliphatic rings. The van der Waals surface area contributed by atoms with Crippen LogP contribution in [0.15, 0.2) is 30.3 Å². The monoisotopic (exact) mass is 387 g/mol.